The highest BCUT2D eigenvalue weighted by Crippen LogP contribution is 2.29. The Kier molecular flexibility index (Phi) is 5.76. The second kappa shape index (κ2) is 6.79. The number of aryl methyl sites for hydroxylation is 2. The summed E-state index contributed by atoms with van der Waals surface area (Å²) >= 11 is 0. The molecule has 1 rings (SSSR count). The van der Waals surface area contributed by atoms with Crippen LogP contribution in [0.5, 0.6) is 0 Å². The zero-order valence-corrected chi connectivity index (χ0v) is 15.2. The van der Waals surface area contributed by atoms with Gasteiger partial charge in [-0.25, -0.2) is 8.42 Å². The van der Waals surface area contributed by atoms with Gasteiger partial charge in [0.05, 0.1) is 12.0 Å². The average molecular weight is 327 g/mol. The predicted molar refractivity (Wildman–Crippen MR) is 86.4 cm³/mol. The lowest BCUT2D eigenvalue weighted by Crippen LogP contribution is -2.41. The molecule has 0 aliphatic carbocycles. The van der Waals surface area contributed by atoms with E-state index in [1.807, 2.05) is 19.9 Å². The molecule has 0 atom stereocenters. The summed E-state index contributed by atoms with van der Waals surface area (Å²) in [5, 5.41) is 0. The van der Waals surface area contributed by atoms with E-state index in [-0.39, 0.29) is 12.6 Å². The third kappa shape index (κ3) is 3.50. The minimum Gasteiger partial charge on any atom is -0.468 e. The molecule has 0 spiro atoms. The number of rotatable bonds is 5. The third-order valence-electron chi connectivity index (χ3n) is 3.95. The number of sulfonamides is 1. The standard InChI is InChI=1S/C16H25NO4S/c1-10(2)17(9-15(18)21-7)22(19,20)16-13(5)11(3)8-12(4)14(16)6/h8,10H,9H2,1-7H3. The zero-order chi connectivity index (χ0) is 17.2. The highest BCUT2D eigenvalue weighted by atomic mass is 32.2. The van der Waals surface area contributed by atoms with Crippen LogP contribution in [0.25, 0.3) is 0 Å². The number of carbonyl (C=O) groups is 1. The summed E-state index contributed by atoms with van der Waals surface area (Å²) in [6.45, 7) is 10.6. The first-order valence-electron chi connectivity index (χ1n) is 7.20. The Balaban J connectivity index is 3.54. The van der Waals surface area contributed by atoms with E-state index in [9.17, 15) is 13.2 Å². The van der Waals surface area contributed by atoms with Crippen molar-refractivity contribution in [2.45, 2.75) is 52.5 Å². The normalized spacial score (nSPS) is 12.0. The fraction of sp³-hybridized carbons (Fsp3) is 0.562. The van der Waals surface area contributed by atoms with E-state index in [4.69, 9.17) is 0 Å². The number of ether oxygens (including phenoxy) is 1. The molecule has 6 heteroatoms. The van der Waals surface area contributed by atoms with Crippen LogP contribution in [0.4, 0.5) is 0 Å². The smallest absolute Gasteiger partial charge is 0.321 e. The fourth-order valence-electron chi connectivity index (χ4n) is 2.42. The number of nitrogens with zero attached hydrogens (tertiary/aromatic N) is 1. The van der Waals surface area contributed by atoms with Gasteiger partial charge in [0.1, 0.15) is 6.54 Å². The van der Waals surface area contributed by atoms with Crippen LogP contribution < -0.4 is 0 Å². The number of methoxy groups -OCH3 is 1. The van der Waals surface area contributed by atoms with Gasteiger partial charge in [-0.15, -0.1) is 0 Å². The van der Waals surface area contributed by atoms with Crippen molar-refractivity contribution in [3.8, 4) is 0 Å². The lowest BCUT2D eigenvalue weighted by atomic mass is 10.0. The summed E-state index contributed by atoms with van der Waals surface area (Å²) in [5.74, 6) is -0.572. The molecule has 0 aromatic heterocycles. The van der Waals surface area contributed by atoms with Crippen LogP contribution in [0.1, 0.15) is 36.1 Å². The minimum absolute atomic E-state index is 0.289. The fourth-order valence-corrected chi connectivity index (χ4v) is 4.58. The van der Waals surface area contributed by atoms with Gasteiger partial charge in [0, 0.05) is 6.04 Å². The van der Waals surface area contributed by atoms with E-state index in [2.05, 4.69) is 4.74 Å². The van der Waals surface area contributed by atoms with Gasteiger partial charge < -0.3 is 4.74 Å². The topological polar surface area (TPSA) is 63.7 Å². The summed E-state index contributed by atoms with van der Waals surface area (Å²) in [7, 11) is -2.53. The molecule has 22 heavy (non-hydrogen) atoms. The maximum Gasteiger partial charge on any atom is 0.321 e. The van der Waals surface area contributed by atoms with Crippen LogP contribution >= 0.6 is 0 Å². The molecular weight excluding hydrogens is 302 g/mol. The quantitative estimate of drug-likeness (QED) is 0.780. The maximum absolute atomic E-state index is 13.1. The van der Waals surface area contributed by atoms with Crippen molar-refractivity contribution in [2.24, 2.45) is 0 Å². The first kappa shape index (κ1) is 18.6. The largest absolute Gasteiger partial charge is 0.468 e. The van der Waals surface area contributed by atoms with Crippen molar-refractivity contribution in [1.29, 1.82) is 0 Å². The Morgan fingerprint density at radius 2 is 1.59 bits per heavy atom. The molecule has 0 radical (unpaired) electrons. The second-order valence-electron chi connectivity index (χ2n) is 5.81. The van der Waals surface area contributed by atoms with Gasteiger partial charge in [-0.3, -0.25) is 4.79 Å². The van der Waals surface area contributed by atoms with Crippen molar-refractivity contribution in [3.63, 3.8) is 0 Å². The molecule has 1 aromatic rings. The Morgan fingerprint density at radius 3 is 1.95 bits per heavy atom. The molecule has 0 N–H and O–H groups in total. The van der Waals surface area contributed by atoms with Gasteiger partial charge in [-0.05, 0) is 63.8 Å². The molecule has 124 valence electrons. The number of hydrogen-bond donors (Lipinski definition) is 0. The predicted octanol–water partition coefficient (Wildman–Crippen LogP) is 2.49. The first-order chi connectivity index (χ1) is 10.0. The molecule has 0 aliphatic rings. The number of carbonyl (C=O) groups excluding carboxylic acids is 1. The molecule has 0 saturated heterocycles. The zero-order valence-electron chi connectivity index (χ0n) is 14.4. The summed E-state index contributed by atoms with van der Waals surface area (Å²) in [4.78, 5) is 11.9. The molecule has 0 unspecified atom stereocenters. The summed E-state index contributed by atoms with van der Waals surface area (Å²) in [6.07, 6.45) is 0. The Bertz CT molecular complexity index is 652. The SMILES string of the molecule is COC(=O)CN(C(C)C)S(=O)(=O)c1c(C)c(C)cc(C)c1C. The minimum atomic E-state index is -3.78. The van der Waals surface area contributed by atoms with Crippen molar-refractivity contribution in [2.75, 3.05) is 13.7 Å². The lowest BCUT2D eigenvalue weighted by Gasteiger charge is -2.27. The van der Waals surface area contributed by atoms with Crippen molar-refractivity contribution in [3.05, 3.63) is 28.3 Å². The third-order valence-corrected chi connectivity index (χ3v) is 6.25. The van der Waals surface area contributed by atoms with E-state index in [0.717, 1.165) is 22.3 Å². The van der Waals surface area contributed by atoms with Crippen molar-refractivity contribution >= 4 is 16.0 Å². The molecule has 5 nitrogen and oxygen atoms in total. The van der Waals surface area contributed by atoms with Crippen LogP contribution in [0.2, 0.25) is 0 Å². The molecule has 0 saturated carbocycles. The van der Waals surface area contributed by atoms with Gasteiger partial charge in [-0.1, -0.05) is 6.07 Å². The van der Waals surface area contributed by atoms with E-state index >= 15 is 0 Å². The highest BCUT2D eigenvalue weighted by molar-refractivity contribution is 7.89. The molecule has 1 aromatic carbocycles. The monoisotopic (exact) mass is 327 g/mol. The van der Waals surface area contributed by atoms with Crippen LogP contribution in [-0.4, -0.2) is 38.4 Å². The Morgan fingerprint density at radius 1 is 1.14 bits per heavy atom. The summed E-state index contributed by atoms with van der Waals surface area (Å²) in [6, 6.07) is 1.63. The first-order valence-corrected chi connectivity index (χ1v) is 8.64. The maximum atomic E-state index is 13.1. The molecule has 0 fully saturated rings. The Labute approximate surface area is 133 Å². The van der Waals surface area contributed by atoms with Gasteiger partial charge in [-0.2, -0.15) is 4.31 Å². The van der Waals surface area contributed by atoms with E-state index in [0.29, 0.717) is 4.90 Å². The number of benzene rings is 1. The molecule has 0 heterocycles. The summed E-state index contributed by atoms with van der Waals surface area (Å²) in [5.41, 5.74) is 3.28. The van der Waals surface area contributed by atoms with Gasteiger partial charge in [0.25, 0.3) is 0 Å². The molecule has 0 amide bonds. The van der Waals surface area contributed by atoms with Gasteiger partial charge in [0.15, 0.2) is 0 Å². The van der Waals surface area contributed by atoms with Gasteiger partial charge in [0.2, 0.25) is 10.0 Å². The van der Waals surface area contributed by atoms with Gasteiger partial charge >= 0.3 is 5.97 Å². The summed E-state index contributed by atoms with van der Waals surface area (Å²) < 4.78 is 32.0. The van der Waals surface area contributed by atoms with Crippen LogP contribution in [0.15, 0.2) is 11.0 Å². The van der Waals surface area contributed by atoms with E-state index < -0.39 is 16.0 Å². The van der Waals surface area contributed by atoms with Crippen molar-refractivity contribution < 1.29 is 17.9 Å². The Hall–Kier alpha value is -1.40. The number of esters is 1. The molecule has 0 bridgehead atoms. The number of hydrogen-bond acceptors (Lipinski definition) is 4. The van der Waals surface area contributed by atoms with Crippen molar-refractivity contribution in [1.82, 2.24) is 4.31 Å². The highest BCUT2D eigenvalue weighted by Gasteiger charge is 2.32. The van der Waals surface area contributed by atoms with E-state index in [1.165, 1.54) is 11.4 Å². The average Bonchev–Trinajstić information content (AvgIpc) is 2.41. The second-order valence-corrected chi connectivity index (χ2v) is 7.64. The molecule has 0 aliphatic heterocycles. The van der Waals surface area contributed by atoms with Crippen LogP contribution in [0, 0.1) is 27.7 Å². The molecular formula is C16H25NO4S. The van der Waals surface area contributed by atoms with E-state index in [1.54, 1.807) is 27.7 Å². The van der Waals surface area contributed by atoms with Crippen LogP contribution in [0.3, 0.4) is 0 Å². The lowest BCUT2D eigenvalue weighted by molar-refractivity contribution is -0.141. The van der Waals surface area contributed by atoms with Crippen LogP contribution in [-0.2, 0) is 19.6 Å².